The molecule has 1 amide bonds. The number of nitrogens with two attached hydrogens (primary N) is 1. The maximum absolute atomic E-state index is 12.1. The lowest BCUT2D eigenvalue weighted by Crippen LogP contribution is -2.35. The predicted octanol–water partition coefficient (Wildman–Crippen LogP) is 1.86. The average molecular weight is 250 g/mol. The Morgan fingerprint density at radius 2 is 2.22 bits per heavy atom. The van der Waals surface area contributed by atoms with E-state index in [0.717, 1.165) is 24.2 Å². The molecule has 0 aliphatic carbocycles. The molecule has 0 saturated heterocycles. The molecule has 18 heavy (non-hydrogen) atoms. The van der Waals surface area contributed by atoms with Crippen LogP contribution in [-0.4, -0.2) is 25.6 Å². The Bertz CT molecular complexity index is 405. The largest absolute Gasteiger partial charge is 0.496 e. The summed E-state index contributed by atoms with van der Waals surface area (Å²) < 4.78 is 5.21. The molecule has 1 unspecified atom stereocenters. The van der Waals surface area contributed by atoms with Crippen molar-refractivity contribution in [2.24, 2.45) is 5.73 Å². The number of rotatable bonds is 6. The van der Waals surface area contributed by atoms with Crippen LogP contribution in [0.3, 0.4) is 0 Å². The molecule has 1 aromatic carbocycles. The van der Waals surface area contributed by atoms with E-state index >= 15 is 0 Å². The number of carbonyl (C=O) groups excluding carboxylic acids is 1. The van der Waals surface area contributed by atoms with Gasteiger partial charge in [0.2, 0.25) is 0 Å². The number of ether oxygens (including phenoxy) is 1. The maximum atomic E-state index is 12.1. The van der Waals surface area contributed by atoms with Gasteiger partial charge in [0, 0.05) is 11.6 Å². The Labute approximate surface area is 109 Å². The van der Waals surface area contributed by atoms with Gasteiger partial charge in [-0.25, -0.2) is 0 Å². The molecule has 1 rings (SSSR count). The summed E-state index contributed by atoms with van der Waals surface area (Å²) in [5.41, 5.74) is 7.15. The summed E-state index contributed by atoms with van der Waals surface area (Å²) in [6.07, 6.45) is 1.68. The first kappa shape index (κ1) is 14.5. The smallest absolute Gasteiger partial charge is 0.251 e. The highest BCUT2D eigenvalue weighted by molar-refractivity contribution is 5.94. The van der Waals surface area contributed by atoms with Crippen LogP contribution in [0.1, 0.15) is 35.7 Å². The van der Waals surface area contributed by atoms with E-state index in [0.29, 0.717) is 12.1 Å². The number of hydrogen-bond acceptors (Lipinski definition) is 3. The second kappa shape index (κ2) is 7.01. The van der Waals surface area contributed by atoms with Crippen LogP contribution in [0.15, 0.2) is 18.2 Å². The first-order valence-corrected chi connectivity index (χ1v) is 6.28. The number of carbonyl (C=O) groups is 1. The Morgan fingerprint density at radius 3 is 2.78 bits per heavy atom. The van der Waals surface area contributed by atoms with Crippen molar-refractivity contribution in [1.82, 2.24) is 5.32 Å². The molecule has 0 aliphatic rings. The van der Waals surface area contributed by atoms with Gasteiger partial charge < -0.3 is 15.8 Å². The monoisotopic (exact) mass is 250 g/mol. The molecule has 3 N–H and O–H groups in total. The number of hydrogen-bond donors (Lipinski definition) is 2. The molecule has 0 radical (unpaired) electrons. The van der Waals surface area contributed by atoms with Crippen molar-refractivity contribution in [3.8, 4) is 5.75 Å². The van der Waals surface area contributed by atoms with Gasteiger partial charge in [-0.1, -0.05) is 13.0 Å². The van der Waals surface area contributed by atoms with Gasteiger partial charge in [-0.15, -0.1) is 0 Å². The molecule has 1 atom stereocenters. The molecule has 0 bridgehead atoms. The standard InChI is InChI=1S/C14H22N2O2/c1-4-12(7-8-15)16-14(17)11-6-5-10(2)13(9-11)18-3/h5-6,9,12H,4,7-8,15H2,1-3H3,(H,16,17). The summed E-state index contributed by atoms with van der Waals surface area (Å²) in [4.78, 5) is 12.1. The third kappa shape index (κ3) is 3.74. The minimum Gasteiger partial charge on any atom is -0.496 e. The Hall–Kier alpha value is -1.55. The van der Waals surface area contributed by atoms with Crippen molar-refractivity contribution in [3.05, 3.63) is 29.3 Å². The Kier molecular flexibility index (Phi) is 5.65. The molecule has 0 heterocycles. The van der Waals surface area contributed by atoms with Crippen LogP contribution >= 0.6 is 0 Å². The van der Waals surface area contributed by atoms with Gasteiger partial charge in [-0.3, -0.25) is 4.79 Å². The lowest BCUT2D eigenvalue weighted by Gasteiger charge is -2.16. The fraction of sp³-hybridized carbons (Fsp3) is 0.500. The molecular formula is C14H22N2O2. The van der Waals surface area contributed by atoms with E-state index in [1.807, 2.05) is 26.0 Å². The van der Waals surface area contributed by atoms with Crippen LogP contribution in [0.5, 0.6) is 5.75 Å². The van der Waals surface area contributed by atoms with Gasteiger partial charge in [0.1, 0.15) is 5.75 Å². The van der Waals surface area contributed by atoms with Crippen LogP contribution < -0.4 is 15.8 Å². The van der Waals surface area contributed by atoms with Gasteiger partial charge >= 0.3 is 0 Å². The molecular weight excluding hydrogens is 228 g/mol. The first-order valence-electron chi connectivity index (χ1n) is 6.28. The van der Waals surface area contributed by atoms with Crippen LogP contribution in [0.2, 0.25) is 0 Å². The van der Waals surface area contributed by atoms with Crippen molar-refractivity contribution in [2.75, 3.05) is 13.7 Å². The summed E-state index contributed by atoms with van der Waals surface area (Å²) in [5.74, 6) is 0.656. The summed E-state index contributed by atoms with van der Waals surface area (Å²) in [6, 6.07) is 5.59. The normalized spacial score (nSPS) is 12.0. The van der Waals surface area contributed by atoms with Crippen LogP contribution in [0.4, 0.5) is 0 Å². The van der Waals surface area contributed by atoms with E-state index < -0.39 is 0 Å². The zero-order chi connectivity index (χ0) is 13.5. The number of aryl methyl sites for hydroxylation is 1. The van der Waals surface area contributed by atoms with E-state index in [-0.39, 0.29) is 11.9 Å². The van der Waals surface area contributed by atoms with E-state index in [4.69, 9.17) is 10.5 Å². The van der Waals surface area contributed by atoms with Gasteiger partial charge in [0.15, 0.2) is 0 Å². The zero-order valence-electron chi connectivity index (χ0n) is 11.3. The average Bonchev–Trinajstić information content (AvgIpc) is 2.38. The minimum absolute atomic E-state index is 0.0754. The number of methoxy groups -OCH3 is 1. The second-order valence-electron chi connectivity index (χ2n) is 4.34. The minimum atomic E-state index is -0.0754. The quantitative estimate of drug-likeness (QED) is 0.810. The predicted molar refractivity (Wildman–Crippen MR) is 72.9 cm³/mol. The summed E-state index contributed by atoms with van der Waals surface area (Å²) in [7, 11) is 1.60. The van der Waals surface area contributed by atoms with Crippen molar-refractivity contribution in [2.45, 2.75) is 32.7 Å². The van der Waals surface area contributed by atoms with Gasteiger partial charge in [0.25, 0.3) is 5.91 Å². The maximum Gasteiger partial charge on any atom is 0.251 e. The van der Waals surface area contributed by atoms with Crippen molar-refractivity contribution in [1.29, 1.82) is 0 Å². The number of amides is 1. The molecule has 1 aromatic rings. The highest BCUT2D eigenvalue weighted by atomic mass is 16.5. The Balaban J connectivity index is 2.77. The molecule has 0 aromatic heterocycles. The molecule has 0 spiro atoms. The van der Waals surface area contributed by atoms with Gasteiger partial charge in [-0.05, 0) is 44.0 Å². The molecule has 4 nitrogen and oxygen atoms in total. The summed E-state index contributed by atoms with van der Waals surface area (Å²) in [6.45, 7) is 4.57. The van der Waals surface area contributed by atoms with Crippen molar-refractivity contribution >= 4 is 5.91 Å². The van der Waals surface area contributed by atoms with E-state index in [1.165, 1.54) is 0 Å². The third-order valence-corrected chi connectivity index (χ3v) is 3.01. The summed E-state index contributed by atoms with van der Waals surface area (Å²) >= 11 is 0. The van der Waals surface area contributed by atoms with Gasteiger partial charge in [0.05, 0.1) is 7.11 Å². The molecule has 0 fully saturated rings. The SMILES string of the molecule is CCC(CCN)NC(=O)c1ccc(C)c(OC)c1. The first-order chi connectivity index (χ1) is 8.62. The summed E-state index contributed by atoms with van der Waals surface area (Å²) in [5, 5.41) is 2.98. The molecule has 0 aliphatic heterocycles. The topological polar surface area (TPSA) is 64.3 Å². The lowest BCUT2D eigenvalue weighted by molar-refractivity contribution is 0.0934. The molecule has 0 saturated carbocycles. The van der Waals surface area contributed by atoms with E-state index in [1.54, 1.807) is 13.2 Å². The highest BCUT2D eigenvalue weighted by Gasteiger charge is 2.12. The third-order valence-electron chi connectivity index (χ3n) is 3.01. The number of benzene rings is 1. The van der Waals surface area contributed by atoms with E-state index in [2.05, 4.69) is 5.32 Å². The molecule has 100 valence electrons. The van der Waals surface area contributed by atoms with Crippen LogP contribution in [0, 0.1) is 6.92 Å². The number of nitrogens with one attached hydrogen (secondary N) is 1. The van der Waals surface area contributed by atoms with Crippen molar-refractivity contribution in [3.63, 3.8) is 0 Å². The van der Waals surface area contributed by atoms with Crippen LogP contribution in [0.25, 0.3) is 0 Å². The van der Waals surface area contributed by atoms with Gasteiger partial charge in [-0.2, -0.15) is 0 Å². The zero-order valence-corrected chi connectivity index (χ0v) is 11.3. The lowest BCUT2D eigenvalue weighted by atomic mass is 10.1. The second-order valence-corrected chi connectivity index (χ2v) is 4.34. The fourth-order valence-corrected chi connectivity index (χ4v) is 1.81. The van der Waals surface area contributed by atoms with Crippen LogP contribution in [-0.2, 0) is 0 Å². The Morgan fingerprint density at radius 1 is 1.50 bits per heavy atom. The van der Waals surface area contributed by atoms with E-state index in [9.17, 15) is 4.79 Å². The molecule has 4 heteroatoms. The fourth-order valence-electron chi connectivity index (χ4n) is 1.81. The van der Waals surface area contributed by atoms with Crippen molar-refractivity contribution < 1.29 is 9.53 Å². The highest BCUT2D eigenvalue weighted by Crippen LogP contribution is 2.19.